The van der Waals surface area contributed by atoms with Crippen LogP contribution in [0.4, 0.5) is 13.2 Å². The first-order valence-electron chi connectivity index (χ1n) is 10.6. The zero-order valence-corrected chi connectivity index (χ0v) is 18.4. The third-order valence-corrected chi connectivity index (χ3v) is 5.93. The molecule has 0 saturated heterocycles. The Morgan fingerprint density at radius 2 is 1.74 bits per heavy atom. The van der Waals surface area contributed by atoms with Crippen molar-refractivity contribution in [1.82, 2.24) is 0 Å². The van der Waals surface area contributed by atoms with Crippen molar-refractivity contribution in [2.24, 2.45) is 0 Å². The Hall–Kier alpha value is -3.98. The van der Waals surface area contributed by atoms with E-state index in [4.69, 9.17) is 18.9 Å². The van der Waals surface area contributed by atoms with Crippen LogP contribution in [0.2, 0.25) is 0 Å². The summed E-state index contributed by atoms with van der Waals surface area (Å²) in [5, 5.41) is 11.7. The smallest absolute Gasteiger partial charge is 0.416 e. The van der Waals surface area contributed by atoms with Crippen molar-refractivity contribution in [3.63, 3.8) is 0 Å². The number of hydrogen-bond acceptors (Lipinski definition) is 6. The number of halogens is 3. The molecule has 9 heteroatoms. The lowest BCUT2D eigenvalue weighted by Gasteiger charge is -2.26. The van der Waals surface area contributed by atoms with E-state index in [1.54, 1.807) is 30.3 Å². The van der Waals surface area contributed by atoms with E-state index in [1.807, 2.05) is 0 Å². The van der Waals surface area contributed by atoms with Crippen molar-refractivity contribution < 1.29 is 42.0 Å². The molecular formula is C26H19F3O6. The van der Waals surface area contributed by atoms with Crippen molar-refractivity contribution in [2.75, 3.05) is 13.9 Å². The number of benzene rings is 3. The number of aliphatic hydroxyl groups is 1. The third kappa shape index (κ3) is 4.08. The van der Waals surface area contributed by atoms with Crippen LogP contribution in [0, 0.1) is 0 Å². The average Bonchev–Trinajstić information content (AvgIpc) is 3.40. The minimum atomic E-state index is -4.54. The molecule has 0 aliphatic carbocycles. The van der Waals surface area contributed by atoms with Gasteiger partial charge in [0.2, 0.25) is 6.79 Å². The fraction of sp³-hybridized carbons (Fsp3) is 0.192. The zero-order chi connectivity index (χ0) is 24.8. The molecule has 5 rings (SSSR count). The van der Waals surface area contributed by atoms with Gasteiger partial charge in [-0.1, -0.05) is 24.3 Å². The molecule has 0 spiro atoms. The molecule has 0 bridgehead atoms. The molecule has 1 atom stereocenters. The van der Waals surface area contributed by atoms with Crippen molar-refractivity contribution >= 4 is 11.5 Å². The fourth-order valence-corrected chi connectivity index (χ4v) is 4.20. The molecule has 2 aliphatic rings. The molecular weight excluding hydrogens is 465 g/mol. The van der Waals surface area contributed by atoms with Crippen LogP contribution in [0.15, 0.2) is 72.3 Å². The molecule has 1 unspecified atom stereocenters. The molecule has 3 aromatic carbocycles. The van der Waals surface area contributed by atoms with E-state index in [1.165, 1.54) is 31.4 Å². The van der Waals surface area contributed by atoms with Crippen LogP contribution in [0.1, 0.15) is 22.3 Å². The van der Waals surface area contributed by atoms with Gasteiger partial charge in [0.15, 0.2) is 11.5 Å². The lowest BCUT2D eigenvalue weighted by Crippen LogP contribution is -2.29. The quantitative estimate of drug-likeness (QED) is 0.523. The van der Waals surface area contributed by atoms with Crippen molar-refractivity contribution in [2.45, 2.75) is 18.4 Å². The number of carbonyl (C=O) groups excluding carboxylic acids is 1. The highest BCUT2D eigenvalue weighted by molar-refractivity contribution is 6.20. The normalized spacial score (nSPS) is 19.2. The Morgan fingerprint density at radius 3 is 2.46 bits per heavy atom. The van der Waals surface area contributed by atoms with Crippen molar-refractivity contribution in [3.8, 4) is 17.2 Å². The highest BCUT2D eigenvalue weighted by atomic mass is 19.4. The van der Waals surface area contributed by atoms with E-state index in [2.05, 4.69) is 0 Å². The van der Waals surface area contributed by atoms with Crippen LogP contribution in [0.25, 0.3) is 5.57 Å². The largest absolute Gasteiger partial charge is 0.497 e. The summed E-state index contributed by atoms with van der Waals surface area (Å²) in [7, 11) is 1.48. The first-order chi connectivity index (χ1) is 16.7. The van der Waals surface area contributed by atoms with Crippen molar-refractivity contribution in [1.29, 1.82) is 0 Å². The summed E-state index contributed by atoms with van der Waals surface area (Å²) < 4.78 is 61.3. The number of carbonyl (C=O) groups is 1. The van der Waals surface area contributed by atoms with E-state index in [0.29, 0.717) is 22.8 Å². The summed E-state index contributed by atoms with van der Waals surface area (Å²) in [5.41, 5.74) is 0.164. The van der Waals surface area contributed by atoms with Crippen LogP contribution in [-0.2, 0) is 27.9 Å². The highest BCUT2D eigenvalue weighted by Crippen LogP contribution is 2.46. The Balaban J connectivity index is 1.66. The van der Waals surface area contributed by atoms with Gasteiger partial charge in [0, 0.05) is 17.6 Å². The van der Waals surface area contributed by atoms with Crippen LogP contribution in [0.5, 0.6) is 17.2 Å². The number of alkyl halides is 3. The second-order valence-corrected chi connectivity index (χ2v) is 8.06. The number of esters is 1. The maximum atomic E-state index is 13.3. The Morgan fingerprint density at radius 1 is 1.00 bits per heavy atom. The molecule has 3 aromatic rings. The molecule has 0 radical (unpaired) electrons. The molecule has 0 amide bonds. The van der Waals surface area contributed by atoms with Gasteiger partial charge in [-0.25, -0.2) is 4.79 Å². The van der Waals surface area contributed by atoms with Crippen LogP contribution >= 0.6 is 0 Å². The van der Waals surface area contributed by atoms with E-state index in [0.717, 1.165) is 12.1 Å². The summed E-state index contributed by atoms with van der Waals surface area (Å²) in [5.74, 6) is -1.61. The number of rotatable bonds is 5. The van der Waals surface area contributed by atoms with Gasteiger partial charge in [-0.15, -0.1) is 0 Å². The summed E-state index contributed by atoms with van der Waals surface area (Å²) in [6.07, 6.45) is -4.72. The molecule has 35 heavy (non-hydrogen) atoms. The number of ether oxygens (including phenoxy) is 4. The van der Waals surface area contributed by atoms with E-state index in [9.17, 15) is 23.1 Å². The Kier molecular flexibility index (Phi) is 5.44. The monoisotopic (exact) mass is 484 g/mol. The van der Waals surface area contributed by atoms with E-state index < -0.39 is 23.5 Å². The van der Waals surface area contributed by atoms with Crippen molar-refractivity contribution in [3.05, 3.63) is 94.6 Å². The van der Waals surface area contributed by atoms with Gasteiger partial charge in [-0.3, -0.25) is 0 Å². The highest BCUT2D eigenvalue weighted by Gasteiger charge is 2.48. The maximum absolute atomic E-state index is 13.3. The number of methoxy groups -OCH3 is 1. The first kappa shape index (κ1) is 22.8. The molecule has 180 valence electrons. The number of fused-ring (bicyclic) bond motifs is 1. The Bertz CT molecular complexity index is 1330. The average molecular weight is 484 g/mol. The molecule has 0 aromatic heterocycles. The van der Waals surface area contributed by atoms with E-state index in [-0.39, 0.29) is 35.5 Å². The molecule has 0 fully saturated rings. The molecule has 6 nitrogen and oxygen atoms in total. The van der Waals surface area contributed by atoms with Gasteiger partial charge in [-0.05, 0) is 53.6 Å². The second-order valence-electron chi connectivity index (χ2n) is 8.06. The lowest BCUT2D eigenvalue weighted by molar-refractivity contribution is -0.185. The molecule has 2 aliphatic heterocycles. The van der Waals surface area contributed by atoms with E-state index >= 15 is 0 Å². The predicted molar refractivity (Wildman–Crippen MR) is 118 cm³/mol. The molecule has 0 saturated carbocycles. The third-order valence-electron chi connectivity index (χ3n) is 5.93. The van der Waals surface area contributed by atoms with Crippen LogP contribution in [0.3, 0.4) is 0 Å². The number of cyclic esters (lactones) is 1. The summed E-state index contributed by atoms with van der Waals surface area (Å²) in [4.78, 5) is 13.1. The number of hydrogen-bond donors (Lipinski definition) is 1. The van der Waals surface area contributed by atoms with Crippen LogP contribution in [-0.4, -0.2) is 25.0 Å². The minimum Gasteiger partial charge on any atom is -0.497 e. The maximum Gasteiger partial charge on any atom is 0.416 e. The minimum absolute atomic E-state index is 0.0230. The molecule has 1 N–H and O–H groups in total. The van der Waals surface area contributed by atoms with Gasteiger partial charge in [0.05, 0.1) is 18.2 Å². The topological polar surface area (TPSA) is 74.2 Å². The standard InChI is InChI=1S/C26H19F3O6/c1-32-19-8-6-17(7-9-19)25(31)20(12-15-3-2-4-18(11-15)26(27,28)29)23(24(30)35-25)16-5-10-21-22(13-16)34-14-33-21/h2-11,13,31H,12,14H2,1H3. The molecule has 2 heterocycles. The van der Waals surface area contributed by atoms with Gasteiger partial charge >= 0.3 is 12.1 Å². The Labute approximate surface area is 198 Å². The first-order valence-corrected chi connectivity index (χ1v) is 10.6. The van der Waals surface area contributed by atoms with Crippen LogP contribution < -0.4 is 14.2 Å². The summed E-state index contributed by atoms with van der Waals surface area (Å²) in [6.45, 7) is 0.0230. The fourth-order valence-electron chi connectivity index (χ4n) is 4.20. The van der Waals surface area contributed by atoms with Gasteiger partial charge in [0.25, 0.3) is 5.79 Å². The zero-order valence-electron chi connectivity index (χ0n) is 18.4. The summed E-state index contributed by atoms with van der Waals surface area (Å²) in [6, 6.07) is 15.8. The summed E-state index contributed by atoms with van der Waals surface area (Å²) >= 11 is 0. The predicted octanol–water partition coefficient (Wildman–Crippen LogP) is 4.84. The van der Waals surface area contributed by atoms with Gasteiger partial charge in [-0.2, -0.15) is 13.2 Å². The van der Waals surface area contributed by atoms with Gasteiger partial charge < -0.3 is 24.1 Å². The van der Waals surface area contributed by atoms with Gasteiger partial charge in [0.1, 0.15) is 5.75 Å². The SMILES string of the molecule is COc1ccc(C2(O)OC(=O)C(c3ccc4c(c3)OCO4)=C2Cc2cccc(C(F)(F)F)c2)cc1. The second kappa shape index (κ2) is 8.35. The lowest BCUT2D eigenvalue weighted by atomic mass is 9.87.